The van der Waals surface area contributed by atoms with Crippen molar-refractivity contribution in [2.75, 3.05) is 5.32 Å². The van der Waals surface area contributed by atoms with E-state index in [-0.39, 0.29) is 16.6 Å². The average molecular weight is 350 g/mol. The Hall–Kier alpha value is -2.52. The van der Waals surface area contributed by atoms with Crippen LogP contribution in [0.1, 0.15) is 30.5 Å². The Morgan fingerprint density at radius 2 is 2.08 bits per heavy atom. The van der Waals surface area contributed by atoms with Crippen LogP contribution in [-0.2, 0) is 10.0 Å². The van der Waals surface area contributed by atoms with Gasteiger partial charge in [0.05, 0.1) is 15.9 Å². The maximum Gasteiger partial charge on any atom is 0.290 e. The van der Waals surface area contributed by atoms with Gasteiger partial charge in [-0.1, -0.05) is 19.1 Å². The number of pyridine rings is 1. The SMILES string of the molecule is CCC(Nc1cc(C)c([N+](=O)[O-])cn1)c1cccc(S(N)(=O)=O)c1. The molecule has 2 aromatic rings. The first-order chi connectivity index (χ1) is 11.2. The molecule has 0 fully saturated rings. The zero-order chi connectivity index (χ0) is 17.9. The van der Waals surface area contributed by atoms with Crippen molar-refractivity contribution in [3.8, 4) is 0 Å². The van der Waals surface area contributed by atoms with Crippen LogP contribution in [0.25, 0.3) is 0 Å². The molecule has 1 unspecified atom stereocenters. The first-order valence-electron chi connectivity index (χ1n) is 7.22. The molecule has 0 spiro atoms. The second kappa shape index (κ2) is 6.93. The van der Waals surface area contributed by atoms with Crippen LogP contribution in [0.5, 0.6) is 0 Å². The summed E-state index contributed by atoms with van der Waals surface area (Å²) in [7, 11) is -3.78. The maximum absolute atomic E-state index is 11.5. The number of nitro groups is 1. The molecule has 9 heteroatoms. The summed E-state index contributed by atoms with van der Waals surface area (Å²) in [6.45, 7) is 3.56. The van der Waals surface area contributed by atoms with E-state index in [1.165, 1.54) is 18.3 Å². The summed E-state index contributed by atoms with van der Waals surface area (Å²) in [6.07, 6.45) is 1.86. The van der Waals surface area contributed by atoms with Crippen molar-refractivity contribution in [1.29, 1.82) is 0 Å². The summed E-state index contributed by atoms with van der Waals surface area (Å²) in [5.74, 6) is 0.478. The van der Waals surface area contributed by atoms with Crippen LogP contribution in [0.4, 0.5) is 11.5 Å². The maximum atomic E-state index is 11.5. The predicted molar refractivity (Wildman–Crippen MR) is 90.1 cm³/mol. The molecule has 2 rings (SSSR count). The molecule has 0 aliphatic rings. The highest BCUT2D eigenvalue weighted by Crippen LogP contribution is 2.25. The van der Waals surface area contributed by atoms with Gasteiger partial charge in [-0.3, -0.25) is 10.1 Å². The molecule has 0 aliphatic heterocycles. The van der Waals surface area contributed by atoms with Gasteiger partial charge in [0.1, 0.15) is 12.0 Å². The molecule has 0 amide bonds. The third-order valence-corrected chi connectivity index (χ3v) is 4.51. The van der Waals surface area contributed by atoms with Gasteiger partial charge < -0.3 is 5.32 Å². The van der Waals surface area contributed by atoms with Gasteiger partial charge in [-0.2, -0.15) is 0 Å². The molecule has 0 aliphatic carbocycles. The number of nitrogens with zero attached hydrogens (tertiary/aromatic N) is 2. The monoisotopic (exact) mass is 350 g/mol. The van der Waals surface area contributed by atoms with E-state index in [2.05, 4.69) is 10.3 Å². The summed E-state index contributed by atoms with van der Waals surface area (Å²) in [5, 5.41) is 19.2. The molecular weight excluding hydrogens is 332 g/mol. The summed E-state index contributed by atoms with van der Waals surface area (Å²) in [6, 6.07) is 7.72. The Bertz CT molecular complexity index is 868. The van der Waals surface area contributed by atoms with Crippen LogP contribution < -0.4 is 10.5 Å². The first-order valence-corrected chi connectivity index (χ1v) is 8.77. The molecule has 1 aromatic carbocycles. The number of benzene rings is 1. The van der Waals surface area contributed by atoms with Gasteiger partial charge in [0, 0.05) is 5.56 Å². The van der Waals surface area contributed by atoms with Gasteiger partial charge in [-0.15, -0.1) is 0 Å². The van der Waals surface area contributed by atoms with Crippen molar-refractivity contribution >= 4 is 21.5 Å². The summed E-state index contributed by atoms with van der Waals surface area (Å²) in [4.78, 5) is 14.4. The Balaban J connectivity index is 2.30. The van der Waals surface area contributed by atoms with Crippen molar-refractivity contribution in [2.45, 2.75) is 31.2 Å². The van der Waals surface area contributed by atoms with Crippen LogP contribution in [0.2, 0.25) is 0 Å². The minimum atomic E-state index is -3.78. The fraction of sp³-hybridized carbons (Fsp3) is 0.267. The number of primary sulfonamides is 1. The molecule has 8 nitrogen and oxygen atoms in total. The molecule has 0 radical (unpaired) electrons. The molecule has 0 saturated heterocycles. The average Bonchev–Trinajstić information content (AvgIpc) is 2.51. The van der Waals surface area contributed by atoms with E-state index in [0.717, 1.165) is 5.56 Å². The number of hydrogen-bond acceptors (Lipinski definition) is 6. The lowest BCUT2D eigenvalue weighted by atomic mass is 10.0. The number of aryl methyl sites for hydroxylation is 1. The number of aromatic nitrogens is 1. The number of hydrogen-bond donors (Lipinski definition) is 2. The van der Waals surface area contributed by atoms with Crippen LogP contribution in [0.15, 0.2) is 41.4 Å². The summed E-state index contributed by atoms with van der Waals surface area (Å²) in [5.41, 5.74) is 1.18. The van der Waals surface area contributed by atoms with Gasteiger partial charge >= 0.3 is 0 Å². The second-order valence-electron chi connectivity index (χ2n) is 5.34. The smallest absolute Gasteiger partial charge is 0.290 e. The molecule has 1 aromatic heterocycles. The molecule has 24 heavy (non-hydrogen) atoms. The minimum absolute atomic E-state index is 0.0353. The lowest BCUT2D eigenvalue weighted by Crippen LogP contribution is -2.15. The number of anilines is 1. The summed E-state index contributed by atoms with van der Waals surface area (Å²) >= 11 is 0. The first kappa shape index (κ1) is 17.8. The summed E-state index contributed by atoms with van der Waals surface area (Å²) < 4.78 is 23.0. The molecule has 3 N–H and O–H groups in total. The molecule has 1 heterocycles. The van der Waals surface area contributed by atoms with Crippen LogP contribution in [-0.4, -0.2) is 18.3 Å². The highest BCUT2D eigenvalue weighted by molar-refractivity contribution is 7.89. The van der Waals surface area contributed by atoms with E-state index < -0.39 is 14.9 Å². The van der Waals surface area contributed by atoms with Crippen LogP contribution in [0, 0.1) is 17.0 Å². The zero-order valence-electron chi connectivity index (χ0n) is 13.3. The van der Waals surface area contributed by atoms with Crippen LogP contribution >= 0.6 is 0 Å². The lowest BCUT2D eigenvalue weighted by molar-refractivity contribution is -0.385. The second-order valence-corrected chi connectivity index (χ2v) is 6.90. The quantitative estimate of drug-likeness (QED) is 0.608. The van der Waals surface area contributed by atoms with E-state index in [9.17, 15) is 18.5 Å². The minimum Gasteiger partial charge on any atom is -0.363 e. The molecule has 0 bridgehead atoms. The topological polar surface area (TPSA) is 128 Å². The van der Waals surface area contributed by atoms with Crippen molar-refractivity contribution in [3.63, 3.8) is 0 Å². The van der Waals surface area contributed by atoms with E-state index in [0.29, 0.717) is 17.8 Å². The highest BCUT2D eigenvalue weighted by Gasteiger charge is 2.16. The van der Waals surface area contributed by atoms with E-state index >= 15 is 0 Å². The normalized spacial score (nSPS) is 12.6. The standard InChI is InChI=1S/C15H18N4O4S/c1-3-13(11-5-4-6-12(8-11)24(16,22)23)18-15-7-10(2)14(9-17-15)19(20)21/h4-9,13H,3H2,1-2H3,(H,17,18)(H2,16,22,23). The lowest BCUT2D eigenvalue weighted by Gasteiger charge is -2.19. The highest BCUT2D eigenvalue weighted by atomic mass is 32.2. The van der Waals surface area contributed by atoms with E-state index in [4.69, 9.17) is 5.14 Å². The van der Waals surface area contributed by atoms with Gasteiger partial charge in [0.25, 0.3) is 5.69 Å². The van der Waals surface area contributed by atoms with Crippen molar-refractivity contribution in [3.05, 3.63) is 57.8 Å². The number of nitrogens with one attached hydrogen (secondary N) is 1. The van der Waals surface area contributed by atoms with E-state index in [1.54, 1.807) is 25.1 Å². The number of rotatable bonds is 6. The molecule has 1 atom stereocenters. The van der Waals surface area contributed by atoms with E-state index in [1.807, 2.05) is 6.92 Å². The van der Waals surface area contributed by atoms with Crippen molar-refractivity contribution < 1.29 is 13.3 Å². The Labute approximate surface area is 139 Å². The number of sulfonamides is 1. The number of nitrogens with two attached hydrogens (primary N) is 1. The zero-order valence-corrected chi connectivity index (χ0v) is 14.1. The largest absolute Gasteiger partial charge is 0.363 e. The fourth-order valence-electron chi connectivity index (χ4n) is 2.33. The van der Waals surface area contributed by atoms with Gasteiger partial charge in [-0.25, -0.2) is 18.5 Å². The predicted octanol–water partition coefficient (Wildman–Crippen LogP) is 2.51. The third kappa shape index (κ3) is 4.06. The molecule has 128 valence electrons. The Morgan fingerprint density at radius 1 is 1.38 bits per heavy atom. The third-order valence-electron chi connectivity index (χ3n) is 3.60. The van der Waals surface area contributed by atoms with Gasteiger partial charge in [0.15, 0.2) is 0 Å². The Kier molecular flexibility index (Phi) is 5.15. The van der Waals surface area contributed by atoms with Gasteiger partial charge in [-0.05, 0) is 37.1 Å². The fourth-order valence-corrected chi connectivity index (χ4v) is 2.90. The van der Waals surface area contributed by atoms with Gasteiger partial charge in [0.2, 0.25) is 10.0 Å². The van der Waals surface area contributed by atoms with Crippen molar-refractivity contribution in [2.24, 2.45) is 5.14 Å². The molecular formula is C15H18N4O4S. The van der Waals surface area contributed by atoms with Crippen molar-refractivity contribution in [1.82, 2.24) is 4.98 Å². The Morgan fingerprint density at radius 3 is 2.62 bits per heavy atom. The van der Waals surface area contributed by atoms with Crippen LogP contribution in [0.3, 0.4) is 0 Å². The molecule has 0 saturated carbocycles.